The average molecular weight is 358 g/mol. The highest BCUT2D eigenvalue weighted by atomic mass is 35.5. The van der Waals surface area contributed by atoms with E-state index in [1.807, 2.05) is 25.1 Å². The van der Waals surface area contributed by atoms with Gasteiger partial charge in [-0.2, -0.15) is 0 Å². The topological polar surface area (TPSA) is 53.2 Å². The van der Waals surface area contributed by atoms with Crippen LogP contribution in [-0.4, -0.2) is 17.1 Å². The molecule has 0 spiro atoms. The van der Waals surface area contributed by atoms with Crippen molar-refractivity contribution in [3.8, 4) is 5.75 Å². The van der Waals surface area contributed by atoms with E-state index in [1.54, 1.807) is 7.11 Å². The zero-order chi connectivity index (χ0) is 16.8. The summed E-state index contributed by atoms with van der Waals surface area (Å²) in [6, 6.07) is 5.99. The van der Waals surface area contributed by atoms with Crippen molar-refractivity contribution in [1.82, 2.24) is 9.97 Å². The fourth-order valence-corrected chi connectivity index (χ4v) is 4.00. The number of aromatic nitrogens is 2. The molecule has 3 aromatic heterocycles. The van der Waals surface area contributed by atoms with Crippen LogP contribution in [0.1, 0.15) is 17.0 Å². The number of methoxy groups -OCH3 is 1. The zero-order valence-electron chi connectivity index (χ0n) is 13.5. The molecule has 4 heterocycles. The first-order valence-electron chi connectivity index (χ1n) is 7.54. The van der Waals surface area contributed by atoms with Crippen LogP contribution in [-0.2, 0) is 0 Å². The third kappa shape index (κ3) is 2.60. The van der Waals surface area contributed by atoms with Gasteiger partial charge in [0.15, 0.2) is 0 Å². The minimum atomic E-state index is 0.759. The molecule has 1 aliphatic heterocycles. The zero-order valence-corrected chi connectivity index (χ0v) is 15.1. The Kier molecular flexibility index (Phi) is 3.62. The number of H-pyrrole nitrogens is 2. The van der Waals surface area contributed by atoms with Gasteiger partial charge in [-0.05, 0) is 43.7 Å². The van der Waals surface area contributed by atoms with E-state index >= 15 is 0 Å². The van der Waals surface area contributed by atoms with Crippen molar-refractivity contribution in [3.05, 3.63) is 60.1 Å². The molecular weight excluding hydrogens is 342 g/mol. The van der Waals surface area contributed by atoms with E-state index in [2.05, 4.69) is 34.0 Å². The minimum Gasteiger partial charge on any atom is -0.494 e. The predicted molar refractivity (Wildman–Crippen MR) is 98.4 cm³/mol. The molecule has 0 radical (unpaired) electrons. The van der Waals surface area contributed by atoms with Gasteiger partial charge in [-0.15, -0.1) is 11.3 Å². The number of nitrogens with zero attached hydrogens (tertiary/aromatic N) is 1. The van der Waals surface area contributed by atoms with E-state index in [0.29, 0.717) is 0 Å². The van der Waals surface area contributed by atoms with E-state index < -0.39 is 0 Å². The van der Waals surface area contributed by atoms with Gasteiger partial charge in [0, 0.05) is 17.5 Å². The Bertz CT molecular complexity index is 1140. The van der Waals surface area contributed by atoms with Crippen molar-refractivity contribution >= 4 is 40.8 Å². The second-order valence-corrected chi connectivity index (χ2v) is 7.51. The average Bonchev–Trinajstić information content (AvgIpc) is 3.23. The monoisotopic (exact) mass is 357 g/mol. The number of hydrogen-bond donors (Lipinski definition) is 2. The molecule has 0 saturated heterocycles. The maximum atomic E-state index is 6.02. The fourth-order valence-electron chi connectivity index (χ4n) is 2.89. The van der Waals surface area contributed by atoms with Crippen LogP contribution < -0.4 is 25.3 Å². The molecule has 4 nitrogen and oxygen atoms in total. The van der Waals surface area contributed by atoms with Crippen LogP contribution in [0.2, 0.25) is 4.34 Å². The van der Waals surface area contributed by atoms with Gasteiger partial charge in [-0.1, -0.05) is 11.6 Å². The SMILES string of the molecule is COc1cc(=C2C=c3sc(Cl)cc3=N2)[nH]/c1=C\c1[nH]c(C)cc1C. The van der Waals surface area contributed by atoms with Gasteiger partial charge in [-0.3, -0.25) is 0 Å². The molecule has 0 fully saturated rings. The largest absolute Gasteiger partial charge is 0.494 e. The molecule has 6 heteroatoms. The molecule has 0 bridgehead atoms. The van der Waals surface area contributed by atoms with Gasteiger partial charge in [0.05, 0.1) is 37.7 Å². The molecule has 3 aromatic rings. The van der Waals surface area contributed by atoms with Crippen LogP contribution in [0.15, 0.2) is 23.2 Å². The van der Waals surface area contributed by atoms with Crippen molar-refractivity contribution in [2.24, 2.45) is 4.99 Å². The lowest BCUT2D eigenvalue weighted by molar-refractivity contribution is 0.412. The van der Waals surface area contributed by atoms with Gasteiger partial charge in [0.2, 0.25) is 0 Å². The van der Waals surface area contributed by atoms with E-state index in [1.165, 1.54) is 16.9 Å². The number of ether oxygens (including phenoxy) is 1. The van der Waals surface area contributed by atoms with Gasteiger partial charge >= 0.3 is 0 Å². The first-order chi connectivity index (χ1) is 11.5. The van der Waals surface area contributed by atoms with Crippen molar-refractivity contribution in [1.29, 1.82) is 0 Å². The first kappa shape index (κ1) is 15.3. The van der Waals surface area contributed by atoms with Crippen LogP contribution in [0.5, 0.6) is 5.75 Å². The number of aromatic amines is 2. The molecule has 4 rings (SSSR count). The Labute approximate surface area is 147 Å². The van der Waals surface area contributed by atoms with Crippen LogP contribution in [0.3, 0.4) is 0 Å². The van der Waals surface area contributed by atoms with Gasteiger partial charge in [-0.25, -0.2) is 4.99 Å². The second kappa shape index (κ2) is 5.69. The first-order valence-corrected chi connectivity index (χ1v) is 8.74. The molecule has 0 unspecified atom stereocenters. The number of thiophene rings is 1. The minimum absolute atomic E-state index is 0.759. The summed E-state index contributed by atoms with van der Waals surface area (Å²) in [5, 5.41) is 2.77. The molecule has 2 N–H and O–H groups in total. The molecule has 122 valence electrons. The molecule has 0 saturated carbocycles. The number of nitrogens with one attached hydrogen (secondary N) is 2. The highest BCUT2D eigenvalue weighted by molar-refractivity contribution is 7.14. The van der Waals surface area contributed by atoms with Crippen molar-refractivity contribution < 1.29 is 4.74 Å². The molecular formula is C18H16ClN3OS. The predicted octanol–water partition coefficient (Wildman–Crippen LogP) is 1.73. The van der Waals surface area contributed by atoms with Crippen molar-refractivity contribution in [2.75, 3.05) is 7.11 Å². The molecule has 24 heavy (non-hydrogen) atoms. The maximum absolute atomic E-state index is 6.02. The van der Waals surface area contributed by atoms with E-state index in [-0.39, 0.29) is 0 Å². The number of halogens is 1. The van der Waals surface area contributed by atoms with Crippen LogP contribution in [0.4, 0.5) is 0 Å². The van der Waals surface area contributed by atoms with Gasteiger partial charge in [0.1, 0.15) is 5.75 Å². The summed E-state index contributed by atoms with van der Waals surface area (Å²) in [7, 11) is 1.67. The van der Waals surface area contributed by atoms with Crippen molar-refractivity contribution in [2.45, 2.75) is 13.8 Å². The smallest absolute Gasteiger partial charge is 0.144 e. The summed E-state index contributed by atoms with van der Waals surface area (Å²) in [6.07, 6.45) is 4.11. The third-order valence-electron chi connectivity index (χ3n) is 4.00. The highest BCUT2D eigenvalue weighted by Gasteiger charge is 2.08. The number of hydrogen-bond acceptors (Lipinski definition) is 3. The highest BCUT2D eigenvalue weighted by Crippen LogP contribution is 2.13. The Hall–Kier alpha value is -2.24. The molecule has 0 aromatic carbocycles. The van der Waals surface area contributed by atoms with Crippen LogP contribution in [0.25, 0.3) is 17.8 Å². The van der Waals surface area contributed by atoms with Crippen LogP contribution in [0, 0.1) is 13.8 Å². The lowest BCUT2D eigenvalue weighted by Crippen LogP contribution is -2.12. The summed E-state index contributed by atoms with van der Waals surface area (Å²) in [5.74, 6) is 0.793. The maximum Gasteiger partial charge on any atom is 0.144 e. The number of fused-ring (bicyclic) bond motifs is 1. The third-order valence-corrected chi connectivity index (χ3v) is 5.20. The fraction of sp³-hybridized carbons (Fsp3) is 0.167. The molecule has 0 aliphatic carbocycles. The lowest BCUT2D eigenvalue weighted by atomic mass is 10.2. The van der Waals surface area contributed by atoms with E-state index in [0.717, 1.165) is 47.8 Å². The summed E-state index contributed by atoms with van der Waals surface area (Å²) < 4.78 is 7.37. The Morgan fingerprint density at radius 2 is 2.04 bits per heavy atom. The van der Waals surface area contributed by atoms with E-state index in [4.69, 9.17) is 16.3 Å². The van der Waals surface area contributed by atoms with Gasteiger partial charge < -0.3 is 14.7 Å². The van der Waals surface area contributed by atoms with Crippen LogP contribution >= 0.6 is 22.9 Å². The standard InChI is InChI=1S/C18H16ClN3OS/c1-9-4-10(2)20-11(9)5-14-16(23-3)6-12(21-14)13-7-17-15(22-13)8-18(19)24-17/h4-8,20-21H,1-3H3/b13-12?,14-5-. The van der Waals surface area contributed by atoms with E-state index in [9.17, 15) is 0 Å². The quantitative estimate of drug-likeness (QED) is 0.721. The summed E-state index contributed by atoms with van der Waals surface area (Å²) in [6.45, 7) is 4.13. The normalized spacial score (nSPS) is 16.1. The lowest BCUT2D eigenvalue weighted by Gasteiger charge is -1.94. The second-order valence-electron chi connectivity index (χ2n) is 5.80. The Morgan fingerprint density at radius 1 is 1.21 bits per heavy atom. The molecule has 1 aliphatic rings. The summed E-state index contributed by atoms with van der Waals surface area (Å²) in [5.41, 5.74) is 4.30. The number of rotatable bonds is 2. The summed E-state index contributed by atoms with van der Waals surface area (Å²) >= 11 is 7.56. The summed E-state index contributed by atoms with van der Waals surface area (Å²) in [4.78, 5) is 11.4. The molecule has 0 atom stereocenters. The van der Waals surface area contributed by atoms with Gasteiger partial charge in [0.25, 0.3) is 0 Å². The van der Waals surface area contributed by atoms with Crippen molar-refractivity contribution in [3.63, 3.8) is 0 Å². The Balaban J connectivity index is 1.90. The number of aryl methyl sites for hydroxylation is 2. The Morgan fingerprint density at radius 3 is 2.71 bits per heavy atom. The molecule has 0 amide bonds.